The monoisotopic (exact) mass is 410 g/mol. The van der Waals surface area contributed by atoms with Gasteiger partial charge < -0.3 is 15.4 Å². The molecule has 4 rings (SSSR count). The summed E-state index contributed by atoms with van der Waals surface area (Å²) in [7, 11) is 1.56. The molecule has 0 saturated carbocycles. The van der Waals surface area contributed by atoms with E-state index in [-0.39, 0.29) is 5.91 Å². The summed E-state index contributed by atoms with van der Waals surface area (Å²) in [4.78, 5) is 20.4. The Labute approximate surface area is 170 Å². The van der Waals surface area contributed by atoms with Gasteiger partial charge in [0, 0.05) is 36.1 Å². The van der Waals surface area contributed by atoms with E-state index < -0.39 is 0 Å². The average molecular weight is 411 g/mol. The first-order valence-corrected chi connectivity index (χ1v) is 9.59. The number of carbonyl (C=O) groups is 1. The van der Waals surface area contributed by atoms with Gasteiger partial charge in [-0.3, -0.25) is 9.78 Å². The number of hydrogen-bond donors (Lipinski definition) is 2. The minimum Gasteiger partial charge on any atom is -0.457 e. The fourth-order valence-corrected chi connectivity index (χ4v) is 3.54. The molecule has 0 bridgehead atoms. The Kier molecular flexibility index (Phi) is 5.10. The number of thiazole rings is 1. The van der Waals surface area contributed by atoms with Crippen molar-refractivity contribution in [2.75, 3.05) is 12.4 Å². The highest BCUT2D eigenvalue weighted by Gasteiger charge is 2.09. The summed E-state index contributed by atoms with van der Waals surface area (Å²) in [5, 5.41) is 7.28. The van der Waals surface area contributed by atoms with Crippen LogP contribution in [0, 0.1) is 0 Å². The molecule has 8 heteroatoms. The Morgan fingerprint density at radius 3 is 2.64 bits per heavy atom. The van der Waals surface area contributed by atoms with Crippen molar-refractivity contribution in [3.8, 4) is 11.5 Å². The minimum atomic E-state index is -0.265. The molecule has 0 spiro atoms. The van der Waals surface area contributed by atoms with E-state index in [0.717, 1.165) is 21.0 Å². The molecule has 2 aromatic heterocycles. The molecular weight excluding hydrogens is 396 g/mol. The number of fused-ring (bicyclic) bond motifs is 1. The SMILES string of the molecule is CNC(=O)c1cc(Oc2ccc3sc(Nc4ccc(Cl)cc4)nc3c2)ccn1. The van der Waals surface area contributed by atoms with Crippen molar-refractivity contribution in [2.45, 2.75) is 0 Å². The number of hydrogen-bond acceptors (Lipinski definition) is 6. The second kappa shape index (κ2) is 7.84. The molecule has 0 aliphatic heterocycles. The van der Waals surface area contributed by atoms with Crippen LogP contribution in [0.4, 0.5) is 10.8 Å². The molecule has 1 amide bonds. The van der Waals surface area contributed by atoms with Gasteiger partial charge in [0.15, 0.2) is 5.13 Å². The van der Waals surface area contributed by atoms with Gasteiger partial charge in [0.25, 0.3) is 5.91 Å². The predicted octanol–water partition coefficient (Wildman–Crippen LogP) is 5.24. The third kappa shape index (κ3) is 4.05. The molecular formula is C20H15ClN4O2S. The fraction of sp³-hybridized carbons (Fsp3) is 0.0500. The van der Waals surface area contributed by atoms with E-state index in [4.69, 9.17) is 16.3 Å². The molecule has 0 atom stereocenters. The maximum atomic E-state index is 11.7. The summed E-state index contributed by atoms with van der Waals surface area (Å²) in [6.07, 6.45) is 1.54. The maximum absolute atomic E-state index is 11.7. The number of aromatic nitrogens is 2. The number of rotatable bonds is 5. The predicted molar refractivity (Wildman–Crippen MR) is 112 cm³/mol. The maximum Gasteiger partial charge on any atom is 0.269 e. The summed E-state index contributed by atoms with van der Waals surface area (Å²) < 4.78 is 6.90. The van der Waals surface area contributed by atoms with E-state index in [9.17, 15) is 4.79 Å². The number of ether oxygens (including phenoxy) is 1. The number of carbonyl (C=O) groups excluding carboxylic acids is 1. The number of nitrogens with one attached hydrogen (secondary N) is 2. The second-order valence-electron chi connectivity index (χ2n) is 5.84. The smallest absolute Gasteiger partial charge is 0.269 e. The normalized spacial score (nSPS) is 10.6. The van der Waals surface area contributed by atoms with E-state index in [1.165, 1.54) is 6.20 Å². The van der Waals surface area contributed by atoms with Gasteiger partial charge in [0.2, 0.25) is 0 Å². The molecule has 2 aromatic carbocycles. The highest BCUT2D eigenvalue weighted by molar-refractivity contribution is 7.22. The van der Waals surface area contributed by atoms with E-state index in [1.807, 2.05) is 42.5 Å². The van der Waals surface area contributed by atoms with E-state index in [2.05, 4.69) is 20.6 Å². The van der Waals surface area contributed by atoms with Crippen LogP contribution in [0.15, 0.2) is 60.8 Å². The Balaban J connectivity index is 1.55. The first kappa shape index (κ1) is 18.2. The second-order valence-corrected chi connectivity index (χ2v) is 7.31. The molecule has 0 aliphatic rings. The Hall–Kier alpha value is -3.16. The quantitative estimate of drug-likeness (QED) is 0.470. The van der Waals surface area contributed by atoms with Gasteiger partial charge in [-0.25, -0.2) is 4.98 Å². The van der Waals surface area contributed by atoms with Gasteiger partial charge in [0.1, 0.15) is 17.2 Å². The molecule has 140 valence electrons. The molecule has 2 heterocycles. The number of amides is 1. The van der Waals surface area contributed by atoms with E-state index in [0.29, 0.717) is 22.2 Å². The zero-order valence-corrected chi connectivity index (χ0v) is 16.3. The van der Waals surface area contributed by atoms with Crippen LogP contribution in [0.3, 0.4) is 0 Å². The zero-order chi connectivity index (χ0) is 19.5. The number of nitrogens with zero attached hydrogens (tertiary/aromatic N) is 2. The van der Waals surface area contributed by atoms with Crippen LogP contribution < -0.4 is 15.4 Å². The molecule has 0 aliphatic carbocycles. The Morgan fingerprint density at radius 2 is 1.86 bits per heavy atom. The third-order valence-corrected chi connectivity index (χ3v) is 5.09. The summed E-state index contributed by atoms with van der Waals surface area (Å²) in [6.45, 7) is 0. The Morgan fingerprint density at radius 1 is 1.07 bits per heavy atom. The molecule has 28 heavy (non-hydrogen) atoms. The largest absolute Gasteiger partial charge is 0.457 e. The molecule has 6 nitrogen and oxygen atoms in total. The first-order valence-electron chi connectivity index (χ1n) is 8.40. The third-order valence-electron chi connectivity index (χ3n) is 3.88. The topological polar surface area (TPSA) is 76.1 Å². The van der Waals surface area contributed by atoms with E-state index >= 15 is 0 Å². The van der Waals surface area contributed by atoms with Gasteiger partial charge in [0.05, 0.1) is 10.2 Å². The van der Waals surface area contributed by atoms with Gasteiger partial charge in [-0.2, -0.15) is 0 Å². The van der Waals surface area contributed by atoms with Crippen LogP contribution >= 0.6 is 22.9 Å². The first-order chi connectivity index (χ1) is 13.6. The van der Waals surface area contributed by atoms with Gasteiger partial charge >= 0.3 is 0 Å². The van der Waals surface area contributed by atoms with Crippen LogP contribution in [0.5, 0.6) is 11.5 Å². The summed E-state index contributed by atoms with van der Waals surface area (Å²) in [5.41, 5.74) is 2.03. The highest BCUT2D eigenvalue weighted by atomic mass is 35.5. The molecule has 2 N–H and O–H groups in total. The van der Waals surface area contributed by atoms with Crippen LogP contribution in [0.2, 0.25) is 5.02 Å². The molecule has 0 saturated heterocycles. The number of halogens is 1. The Bertz CT molecular complexity index is 1140. The average Bonchev–Trinajstić information content (AvgIpc) is 3.11. The van der Waals surface area contributed by atoms with Crippen LogP contribution in [0.25, 0.3) is 10.2 Å². The standard InChI is InChI=1S/C20H15ClN4O2S/c1-22-19(26)17-11-15(8-9-23-17)27-14-6-7-18-16(10-14)25-20(28-18)24-13-4-2-12(21)3-5-13/h2-11H,1H3,(H,22,26)(H,24,25). The summed E-state index contributed by atoms with van der Waals surface area (Å²) in [5.74, 6) is 0.894. The number of pyridine rings is 1. The number of anilines is 2. The minimum absolute atomic E-state index is 0.265. The van der Waals surface area contributed by atoms with Crippen molar-refractivity contribution >= 4 is 49.9 Å². The van der Waals surface area contributed by atoms with E-state index in [1.54, 1.807) is 30.5 Å². The summed E-state index contributed by atoms with van der Waals surface area (Å²) >= 11 is 7.46. The van der Waals surface area contributed by atoms with Crippen molar-refractivity contribution in [3.63, 3.8) is 0 Å². The lowest BCUT2D eigenvalue weighted by molar-refractivity contribution is 0.0958. The van der Waals surface area contributed by atoms with Crippen molar-refractivity contribution in [1.29, 1.82) is 0 Å². The van der Waals surface area contributed by atoms with Crippen molar-refractivity contribution in [2.24, 2.45) is 0 Å². The molecule has 0 unspecified atom stereocenters. The van der Waals surface area contributed by atoms with Crippen LogP contribution in [-0.2, 0) is 0 Å². The van der Waals surface area contributed by atoms with Crippen LogP contribution in [-0.4, -0.2) is 22.9 Å². The van der Waals surface area contributed by atoms with Crippen LogP contribution in [0.1, 0.15) is 10.5 Å². The van der Waals surface area contributed by atoms with Gasteiger partial charge in [-0.05, 0) is 42.5 Å². The summed E-state index contributed by atoms with van der Waals surface area (Å²) in [6, 6.07) is 16.4. The van der Waals surface area contributed by atoms with Gasteiger partial charge in [-0.1, -0.05) is 22.9 Å². The highest BCUT2D eigenvalue weighted by Crippen LogP contribution is 2.32. The zero-order valence-electron chi connectivity index (χ0n) is 14.8. The lowest BCUT2D eigenvalue weighted by atomic mass is 10.3. The fourth-order valence-electron chi connectivity index (χ4n) is 2.54. The van der Waals surface area contributed by atoms with Crippen molar-refractivity contribution in [3.05, 3.63) is 71.5 Å². The number of benzene rings is 2. The lowest BCUT2D eigenvalue weighted by Crippen LogP contribution is -2.18. The molecule has 0 fully saturated rings. The lowest BCUT2D eigenvalue weighted by Gasteiger charge is -2.06. The van der Waals surface area contributed by atoms with Crippen molar-refractivity contribution in [1.82, 2.24) is 15.3 Å². The molecule has 0 radical (unpaired) electrons. The van der Waals surface area contributed by atoms with Gasteiger partial charge in [-0.15, -0.1) is 0 Å². The van der Waals surface area contributed by atoms with Crippen molar-refractivity contribution < 1.29 is 9.53 Å². The molecule has 4 aromatic rings.